The summed E-state index contributed by atoms with van der Waals surface area (Å²) in [7, 11) is 0. The molecule has 21 heavy (non-hydrogen) atoms. The van der Waals surface area contributed by atoms with Crippen LogP contribution in [0, 0.1) is 5.92 Å². The lowest BCUT2D eigenvalue weighted by atomic mass is 9.85. The van der Waals surface area contributed by atoms with Gasteiger partial charge in [0, 0.05) is 13.1 Å². The lowest BCUT2D eigenvalue weighted by Crippen LogP contribution is -2.52. The van der Waals surface area contributed by atoms with E-state index in [1.807, 2.05) is 13.8 Å². The minimum atomic E-state index is -0.622. The molecule has 5 nitrogen and oxygen atoms in total. The molecule has 0 bridgehead atoms. The maximum absolute atomic E-state index is 12.6. The summed E-state index contributed by atoms with van der Waals surface area (Å²) >= 11 is 0. The third kappa shape index (κ3) is 4.70. The van der Waals surface area contributed by atoms with Crippen molar-refractivity contribution in [2.24, 2.45) is 5.92 Å². The first-order valence-electron chi connectivity index (χ1n) is 8.13. The van der Waals surface area contributed by atoms with Crippen LogP contribution in [0.25, 0.3) is 0 Å². The van der Waals surface area contributed by atoms with E-state index in [2.05, 4.69) is 0 Å². The van der Waals surface area contributed by atoms with Gasteiger partial charge >= 0.3 is 0 Å². The fourth-order valence-corrected chi connectivity index (χ4v) is 3.57. The van der Waals surface area contributed by atoms with Gasteiger partial charge in [-0.1, -0.05) is 32.1 Å². The normalized spacial score (nSPS) is 29.0. The molecule has 1 saturated heterocycles. The van der Waals surface area contributed by atoms with Crippen molar-refractivity contribution < 1.29 is 19.1 Å². The second-order valence-electron chi connectivity index (χ2n) is 6.46. The van der Waals surface area contributed by atoms with Gasteiger partial charge in [0.05, 0.1) is 12.2 Å². The summed E-state index contributed by atoms with van der Waals surface area (Å²) in [4.78, 5) is 25.2. The fourth-order valence-electron chi connectivity index (χ4n) is 3.57. The van der Waals surface area contributed by atoms with Gasteiger partial charge < -0.3 is 14.4 Å². The van der Waals surface area contributed by atoms with Gasteiger partial charge in [0.15, 0.2) is 6.10 Å². The van der Waals surface area contributed by atoms with E-state index in [1.54, 1.807) is 4.90 Å². The molecular weight excluding hydrogens is 270 g/mol. The topological polar surface area (TPSA) is 55.8 Å². The van der Waals surface area contributed by atoms with Crippen LogP contribution in [-0.4, -0.2) is 48.7 Å². The van der Waals surface area contributed by atoms with E-state index in [9.17, 15) is 9.59 Å². The van der Waals surface area contributed by atoms with Crippen LogP contribution in [0.1, 0.15) is 52.4 Å². The van der Waals surface area contributed by atoms with Crippen molar-refractivity contribution >= 4 is 12.4 Å². The van der Waals surface area contributed by atoms with E-state index in [1.165, 1.54) is 19.3 Å². The Labute approximate surface area is 127 Å². The molecule has 1 aliphatic carbocycles. The smallest absolute Gasteiger partial charge is 0.293 e. The Balaban J connectivity index is 1.95. The highest BCUT2D eigenvalue weighted by molar-refractivity contribution is 5.82. The Morgan fingerprint density at radius 3 is 2.43 bits per heavy atom. The van der Waals surface area contributed by atoms with Gasteiger partial charge in [-0.25, -0.2) is 0 Å². The molecule has 5 heteroatoms. The molecule has 1 amide bonds. The van der Waals surface area contributed by atoms with Crippen LogP contribution in [0.2, 0.25) is 0 Å². The van der Waals surface area contributed by atoms with Crippen LogP contribution < -0.4 is 0 Å². The third-order valence-corrected chi connectivity index (χ3v) is 4.50. The first-order valence-corrected chi connectivity index (χ1v) is 8.13. The Bertz CT molecular complexity index is 344. The molecule has 0 unspecified atom stereocenters. The summed E-state index contributed by atoms with van der Waals surface area (Å²) in [5.41, 5.74) is 0. The lowest BCUT2D eigenvalue weighted by molar-refractivity contribution is -0.160. The monoisotopic (exact) mass is 297 g/mol. The molecule has 2 rings (SSSR count). The molecular formula is C16H27NO4. The summed E-state index contributed by atoms with van der Waals surface area (Å²) in [6.45, 7) is 5.50. The predicted molar refractivity (Wildman–Crippen MR) is 78.7 cm³/mol. The Hall–Kier alpha value is -1.10. The first-order chi connectivity index (χ1) is 10.1. The number of morpholine rings is 1. The average molecular weight is 297 g/mol. The number of carbonyl (C=O) groups excluding carboxylic acids is 2. The zero-order chi connectivity index (χ0) is 15.2. The van der Waals surface area contributed by atoms with Gasteiger partial charge in [-0.2, -0.15) is 0 Å². The zero-order valence-corrected chi connectivity index (χ0v) is 13.1. The Morgan fingerprint density at radius 2 is 1.86 bits per heavy atom. The van der Waals surface area contributed by atoms with E-state index in [4.69, 9.17) is 9.47 Å². The highest BCUT2D eigenvalue weighted by Crippen LogP contribution is 2.28. The maximum atomic E-state index is 12.6. The molecule has 0 aromatic rings. The van der Waals surface area contributed by atoms with Gasteiger partial charge in [-0.15, -0.1) is 0 Å². The average Bonchev–Trinajstić information content (AvgIpc) is 2.46. The summed E-state index contributed by atoms with van der Waals surface area (Å²) in [6, 6.07) is 0. The van der Waals surface area contributed by atoms with Gasteiger partial charge in [-0.05, 0) is 26.2 Å². The van der Waals surface area contributed by atoms with Gasteiger partial charge in [0.1, 0.15) is 0 Å². The molecule has 1 heterocycles. The van der Waals surface area contributed by atoms with E-state index in [0.29, 0.717) is 31.9 Å². The number of nitrogens with zero attached hydrogens (tertiary/aromatic N) is 1. The van der Waals surface area contributed by atoms with Crippen LogP contribution in [0.5, 0.6) is 0 Å². The van der Waals surface area contributed by atoms with Gasteiger partial charge in [0.2, 0.25) is 0 Å². The van der Waals surface area contributed by atoms with Crippen molar-refractivity contribution in [2.45, 2.75) is 70.7 Å². The number of ether oxygens (including phenoxy) is 2. The SMILES string of the molecule is C[C@@H]1CN(C(=O)[C@H](CC2CCCCC2)OC=O)C[C@H](C)O1. The van der Waals surface area contributed by atoms with Crippen LogP contribution in [-0.2, 0) is 19.1 Å². The molecule has 3 atom stereocenters. The quantitative estimate of drug-likeness (QED) is 0.730. The minimum absolute atomic E-state index is 0.0317. The largest absolute Gasteiger partial charge is 0.454 e. The zero-order valence-electron chi connectivity index (χ0n) is 13.1. The van der Waals surface area contributed by atoms with E-state index in [-0.39, 0.29) is 18.1 Å². The number of hydrogen-bond acceptors (Lipinski definition) is 4. The second kappa shape index (κ2) is 7.78. The molecule has 2 fully saturated rings. The minimum Gasteiger partial charge on any atom is -0.454 e. The van der Waals surface area contributed by atoms with Crippen molar-refractivity contribution in [3.63, 3.8) is 0 Å². The van der Waals surface area contributed by atoms with Crippen molar-refractivity contribution in [1.82, 2.24) is 4.90 Å². The van der Waals surface area contributed by atoms with E-state index in [0.717, 1.165) is 12.8 Å². The standard InChI is InChI=1S/C16H27NO4/c1-12-9-17(10-13(2)21-12)16(19)15(20-11-18)8-14-6-4-3-5-7-14/h11-15H,3-10H2,1-2H3/t12-,13+,15-/m0/s1. The highest BCUT2D eigenvalue weighted by atomic mass is 16.5. The summed E-state index contributed by atoms with van der Waals surface area (Å²) in [5.74, 6) is 0.443. The molecule has 0 aromatic heterocycles. The number of rotatable bonds is 5. The van der Waals surface area contributed by atoms with Crippen molar-refractivity contribution in [3.8, 4) is 0 Å². The van der Waals surface area contributed by atoms with E-state index >= 15 is 0 Å². The van der Waals surface area contributed by atoms with Crippen molar-refractivity contribution in [1.29, 1.82) is 0 Å². The molecule has 0 radical (unpaired) electrons. The second-order valence-corrected chi connectivity index (χ2v) is 6.46. The molecule has 0 N–H and O–H groups in total. The molecule has 2 aliphatic rings. The lowest BCUT2D eigenvalue weighted by Gasteiger charge is -2.37. The fraction of sp³-hybridized carbons (Fsp3) is 0.875. The predicted octanol–water partition coefficient (Wildman–Crippen LogP) is 2.13. The highest BCUT2D eigenvalue weighted by Gasteiger charge is 2.33. The van der Waals surface area contributed by atoms with Crippen LogP contribution in [0.15, 0.2) is 0 Å². The van der Waals surface area contributed by atoms with Crippen LogP contribution >= 0.6 is 0 Å². The molecule has 0 spiro atoms. The number of carbonyl (C=O) groups is 2. The maximum Gasteiger partial charge on any atom is 0.293 e. The van der Waals surface area contributed by atoms with Gasteiger partial charge in [-0.3, -0.25) is 9.59 Å². The van der Waals surface area contributed by atoms with E-state index < -0.39 is 6.10 Å². The summed E-state index contributed by atoms with van der Waals surface area (Å²) in [5, 5.41) is 0. The molecule has 1 saturated carbocycles. The Morgan fingerprint density at radius 1 is 1.24 bits per heavy atom. The molecule has 0 aromatic carbocycles. The number of hydrogen-bond donors (Lipinski definition) is 0. The molecule has 120 valence electrons. The Kier molecular flexibility index (Phi) is 6.03. The van der Waals surface area contributed by atoms with Crippen LogP contribution in [0.4, 0.5) is 0 Å². The summed E-state index contributed by atoms with van der Waals surface area (Å²) in [6.07, 6.45) is 6.11. The van der Waals surface area contributed by atoms with Crippen molar-refractivity contribution in [2.75, 3.05) is 13.1 Å². The van der Waals surface area contributed by atoms with Crippen LogP contribution in [0.3, 0.4) is 0 Å². The van der Waals surface area contributed by atoms with Crippen molar-refractivity contribution in [3.05, 3.63) is 0 Å². The first kappa shape index (κ1) is 16.3. The molecule has 1 aliphatic heterocycles. The third-order valence-electron chi connectivity index (χ3n) is 4.50. The number of amides is 1. The summed E-state index contributed by atoms with van der Waals surface area (Å²) < 4.78 is 10.8. The van der Waals surface area contributed by atoms with Gasteiger partial charge in [0.25, 0.3) is 12.4 Å².